The van der Waals surface area contributed by atoms with E-state index in [-0.39, 0.29) is 12.5 Å². The molecule has 3 aromatic rings. The number of terminal acetylenes is 1. The van der Waals surface area contributed by atoms with Gasteiger partial charge < -0.3 is 9.30 Å². The number of unbranched alkanes of at least 4 members (excludes halogenated alkanes) is 2. The van der Waals surface area contributed by atoms with Gasteiger partial charge in [0, 0.05) is 5.56 Å². The van der Waals surface area contributed by atoms with Gasteiger partial charge in [0.15, 0.2) is 4.80 Å². The summed E-state index contributed by atoms with van der Waals surface area (Å²) in [6.07, 6.45) is 8.76. The van der Waals surface area contributed by atoms with Crippen molar-refractivity contribution >= 4 is 39.1 Å². The first kappa shape index (κ1) is 20.2. The van der Waals surface area contributed by atoms with Crippen LogP contribution in [0.4, 0.5) is 0 Å². The third-order valence-corrected chi connectivity index (χ3v) is 5.54. The van der Waals surface area contributed by atoms with Crippen LogP contribution in [0.2, 0.25) is 5.02 Å². The molecule has 0 fully saturated rings. The summed E-state index contributed by atoms with van der Waals surface area (Å²) in [6, 6.07) is 12.7. The van der Waals surface area contributed by atoms with E-state index < -0.39 is 0 Å². The highest BCUT2D eigenvalue weighted by atomic mass is 35.5. The van der Waals surface area contributed by atoms with Gasteiger partial charge in [-0.05, 0) is 36.8 Å². The molecule has 0 radical (unpaired) electrons. The second kappa shape index (κ2) is 9.59. The largest absolute Gasteiger partial charge is 0.494 e. The lowest BCUT2D eigenvalue weighted by Gasteiger charge is -2.06. The Bertz CT molecular complexity index is 1090. The van der Waals surface area contributed by atoms with E-state index in [4.69, 9.17) is 22.8 Å². The first-order valence-electron chi connectivity index (χ1n) is 9.17. The van der Waals surface area contributed by atoms with Crippen LogP contribution >= 0.6 is 22.9 Å². The molecular formula is C22H21ClN2O2S. The van der Waals surface area contributed by atoms with Gasteiger partial charge >= 0.3 is 0 Å². The van der Waals surface area contributed by atoms with Gasteiger partial charge in [0.05, 0.1) is 28.4 Å². The van der Waals surface area contributed by atoms with E-state index in [0.29, 0.717) is 27.7 Å². The van der Waals surface area contributed by atoms with Crippen molar-refractivity contribution in [3.63, 3.8) is 0 Å². The molecular weight excluding hydrogens is 392 g/mol. The van der Waals surface area contributed by atoms with E-state index in [2.05, 4.69) is 17.8 Å². The molecule has 0 saturated heterocycles. The highest BCUT2D eigenvalue weighted by molar-refractivity contribution is 7.16. The van der Waals surface area contributed by atoms with Crippen LogP contribution in [0.25, 0.3) is 10.2 Å². The number of ether oxygens (including phenoxy) is 1. The van der Waals surface area contributed by atoms with E-state index >= 15 is 0 Å². The number of aromatic nitrogens is 1. The summed E-state index contributed by atoms with van der Waals surface area (Å²) in [4.78, 5) is 17.6. The molecule has 2 aromatic carbocycles. The summed E-state index contributed by atoms with van der Waals surface area (Å²) in [7, 11) is 0. The van der Waals surface area contributed by atoms with E-state index in [9.17, 15) is 4.79 Å². The minimum atomic E-state index is -0.340. The number of amides is 1. The Balaban J connectivity index is 1.92. The number of fused-ring (bicyclic) bond motifs is 1. The number of hydrogen-bond acceptors (Lipinski definition) is 3. The fraction of sp³-hybridized carbons (Fsp3) is 0.273. The van der Waals surface area contributed by atoms with Crippen LogP contribution < -0.4 is 9.54 Å². The predicted octanol–water partition coefficient (Wildman–Crippen LogP) is 5.30. The van der Waals surface area contributed by atoms with Gasteiger partial charge in [-0.1, -0.05) is 60.8 Å². The molecule has 0 saturated carbocycles. The van der Waals surface area contributed by atoms with E-state index in [1.807, 2.05) is 18.2 Å². The average Bonchev–Trinajstić information content (AvgIpc) is 3.04. The Hall–Kier alpha value is -2.55. The zero-order chi connectivity index (χ0) is 19.9. The molecule has 0 aliphatic rings. The summed E-state index contributed by atoms with van der Waals surface area (Å²) in [5.74, 6) is 2.94. The SMILES string of the molecule is C#CCn1c(=NC(=O)c2cccc(OCCCCC)c2)sc2cccc(Cl)c21. The van der Waals surface area contributed by atoms with Crippen LogP contribution in [-0.4, -0.2) is 17.1 Å². The van der Waals surface area contributed by atoms with Gasteiger partial charge in [-0.25, -0.2) is 0 Å². The van der Waals surface area contributed by atoms with Gasteiger partial charge in [0.2, 0.25) is 0 Å². The third kappa shape index (κ3) is 4.64. The van der Waals surface area contributed by atoms with Crippen molar-refractivity contribution in [2.24, 2.45) is 4.99 Å². The normalized spacial score (nSPS) is 11.5. The van der Waals surface area contributed by atoms with Crippen molar-refractivity contribution in [1.29, 1.82) is 0 Å². The smallest absolute Gasteiger partial charge is 0.279 e. The van der Waals surface area contributed by atoms with Gasteiger partial charge in [-0.15, -0.1) is 6.42 Å². The highest BCUT2D eigenvalue weighted by Crippen LogP contribution is 2.25. The Kier molecular flexibility index (Phi) is 6.91. The number of carbonyl (C=O) groups excluding carboxylic acids is 1. The predicted molar refractivity (Wildman–Crippen MR) is 115 cm³/mol. The van der Waals surface area contributed by atoms with Crippen molar-refractivity contribution in [2.75, 3.05) is 6.61 Å². The fourth-order valence-corrected chi connectivity index (χ4v) is 4.21. The summed E-state index contributed by atoms with van der Waals surface area (Å²) >= 11 is 7.72. The Labute approximate surface area is 173 Å². The van der Waals surface area contributed by atoms with Crippen molar-refractivity contribution in [3.05, 3.63) is 57.9 Å². The monoisotopic (exact) mass is 412 g/mol. The standard InChI is InChI=1S/C22H21ClN2O2S/c1-3-5-6-14-27-17-10-7-9-16(15-17)21(26)24-22-25(13-4-2)20-18(23)11-8-12-19(20)28-22/h2,7-12,15H,3,5-6,13-14H2,1H3. The van der Waals surface area contributed by atoms with Crippen LogP contribution in [0.1, 0.15) is 36.5 Å². The third-order valence-electron chi connectivity index (χ3n) is 4.20. The molecule has 0 aliphatic heterocycles. The highest BCUT2D eigenvalue weighted by Gasteiger charge is 2.11. The topological polar surface area (TPSA) is 43.6 Å². The van der Waals surface area contributed by atoms with E-state index in [0.717, 1.165) is 29.5 Å². The summed E-state index contributed by atoms with van der Waals surface area (Å²) in [5.41, 5.74) is 1.27. The minimum Gasteiger partial charge on any atom is -0.494 e. The zero-order valence-corrected chi connectivity index (χ0v) is 17.2. The maximum Gasteiger partial charge on any atom is 0.279 e. The zero-order valence-electron chi connectivity index (χ0n) is 15.7. The Morgan fingerprint density at radius 1 is 1.29 bits per heavy atom. The minimum absolute atomic E-state index is 0.288. The molecule has 0 bridgehead atoms. The number of hydrogen-bond donors (Lipinski definition) is 0. The number of carbonyl (C=O) groups is 1. The molecule has 4 nitrogen and oxygen atoms in total. The number of rotatable bonds is 7. The first-order valence-corrected chi connectivity index (χ1v) is 10.4. The molecule has 1 heterocycles. The van der Waals surface area contributed by atoms with Gasteiger partial charge in [-0.3, -0.25) is 4.79 Å². The molecule has 0 aliphatic carbocycles. The first-order chi connectivity index (χ1) is 13.6. The summed E-state index contributed by atoms with van der Waals surface area (Å²) in [5, 5.41) is 0.584. The molecule has 0 spiro atoms. The molecule has 1 amide bonds. The molecule has 144 valence electrons. The van der Waals surface area contributed by atoms with Crippen molar-refractivity contribution < 1.29 is 9.53 Å². The van der Waals surface area contributed by atoms with Crippen molar-refractivity contribution in [2.45, 2.75) is 32.7 Å². The summed E-state index contributed by atoms with van der Waals surface area (Å²) in [6.45, 7) is 3.07. The second-order valence-electron chi connectivity index (χ2n) is 6.26. The molecule has 0 unspecified atom stereocenters. The average molecular weight is 413 g/mol. The van der Waals surface area contributed by atoms with Crippen LogP contribution in [0.5, 0.6) is 5.75 Å². The number of benzene rings is 2. The quantitative estimate of drug-likeness (QED) is 0.390. The van der Waals surface area contributed by atoms with Gasteiger partial charge in [-0.2, -0.15) is 4.99 Å². The maximum absolute atomic E-state index is 12.7. The number of para-hydroxylation sites is 1. The lowest BCUT2D eigenvalue weighted by atomic mass is 10.2. The lowest BCUT2D eigenvalue weighted by Crippen LogP contribution is -2.16. The summed E-state index contributed by atoms with van der Waals surface area (Å²) < 4.78 is 8.46. The fourth-order valence-electron chi connectivity index (χ4n) is 2.82. The molecule has 3 rings (SSSR count). The molecule has 1 aromatic heterocycles. The van der Waals surface area contributed by atoms with Crippen LogP contribution in [0.15, 0.2) is 47.5 Å². The van der Waals surface area contributed by atoms with Crippen LogP contribution in [-0.2, 0) is 6.54 Å². The van der Waals surface area contributed by atoms with E-state index in [1.54, 1.807) is 28.8 Å². The molecule has 6 heteroatoms. The Morgan fingerprint density at radius 3 is 2.89 bits per heavy atom. The lowest BCUT2D eigenvalue weighted by molar-refractivity contribution is 0.0997. The van der Waals surface area contributed by atoms with Crippen LogP contribution in [0.3, 0.4) is 0 Å². The number of nitrogens with zero attached hydrogens (tertiary/aromatic N) is 2. The molecule has 28 heavy (non-hydrogen) atoms. The van der Waals surface area contributed by atoms with E-state index in [1.165, 1.54) is 11.3 Å². The van der Waals surface area contributed by atoms with Crippen LogP contribution in [0, 0.1) is 12.3 Å². The second-order valence-corrected chi connectivity index (χ2v) is 7.68. The van der Waals surface area contributed by atoms with Crippen molar-refractivity contribution in [3.8, 4) is 18.1 Å². The van der Waals surface area contributed by atoms with Gasteiger partial charge in [0.1, 0.15) is 5.75 Å². The number of halogens is 1. The molecule has 0 N–H and O–H groups in total. The maximum atomic E-state index is 12.7. The van der Waals surface area contributed by atoms with Crippen molar-refractivity contribution in [1.82, 2.24) is 4.57 Å². The molecule has 0 atom stereocenters. The number of thiazole rings is 1. The Morgan fingerprint density at radius 2 is 2.11 bits per heavy atom. The van der Waals surface area contributed by atoms with Gasteiger partial charge in [0.25, 0.3) is 5.91 Å².